The van der Waals surface area contributed by atoms with E-state index in [-0.39, 0.29) is 5.54 Å². The summed E-state index contributed by atoms with van der Waals surface area (Å²) in [5, 5.41) is 15.4. The molecular weight excluding hydrogens is 374 g/mol. The zero-order valence-electron chi connectivity index (χ0n) is 16.6. The number of hydrogen-bond donors (Lipinski definition) is 3. The summed E-state index contributed by atoms with van der Waals surface area (Å²) in [6.07, 6.45) is 7.71. The molecule has 0 saturated heterocycles. The van der Waals surface area contributed by atoms with Crippen LogP contribution in [0.2, 0.25) is 0 Å². The van der Waals surface area contributed by atoms with Gasteiger partial charge in [0.1, 0.15) is 5.52 Å². The second kappa shape index (κ2) is 6.40. The molecule has 0 atom stereocenters. The molecule has 2 bridgehead atoms. The third-order valence-corrected chi connectivity index (χ3v) is 6.54. The van der Waals surface area contributed by atoms with E-state index < -0.39 is 5.60 Å². The van der Waals surface area contributed by atoms with Gasteiger partial charge in [-0.15, -0.1) is 0 Å². The number of hydrogen-bond acceptors (Lipinski definition) is 7. The van der Waals surface area contributed by atoms with Crippen molar-refractivity contribution in [3.8, 4) is 0 Å². The van der Waals surface area contributed by atoms with Gasteiger partial charge in [-0.25, -0.2) is 10.8 Å². The Labute approximate surface area is 169 Å². The molecule has 150 valence electrons. The first-order chi connectivity index (χ1) is 13.1. The van der Waals surface area contributed by atoms with E-state index in [1.807, 2.05) is 18.5 Å². The molecule has 0 spiro atoms. The molecule has 2 aromatic rings. The van der Waals surface area contributed by atoms with Gasteiger partial charge < -0.3 is 20.0 Å². The van der Waals surface area contributed by atoms with E-state index >= 15 is 0 Å². The number of aryl methyl sites for hydroxylation is 1. The third-order valence-electron chi connectivity index (χ3n) is 6.08. The first kappa shape index (κ1) is 19.1. The number of fused-ring (bicyclic) bond motifs is 3. The molecular formula is C19H27N7OS. The van der Waals surface area contributed by atoms with Crippen LogP contribution in [-0.4, -0.2) is 41.9 Å². The van der Waals surface area contributed by atoms with Gasteiger partial charge in [-0.05, 0) is 56.8 Å². The monoisotopic (exact) mass is 401 g/mol. The summed E-state index contributed by atoms with van der Waals surface area (Å²) in [5.74, 6) is 6.21. The lowest BCUT2D eigenvalue weighted by Gasteiger charge is -2.28. The number of anilines is 1. The van der Waals surface area contributed by atoms with Crippen LogP contribution in [0, 0.1) is 4.77 Å². The molecule has 8 nitrogen and oxygen atoms in total. The van der Waals surface area contributed by atoms with Gasteiger partial charge >= 0.3 is 0 Å². The van der Waals surface area contributed by atoms with Gasteiger partial charge in [0, 0.05) is 20.3 Å². The predicted octanol–water partition coefficient (Wildman–Crippen LogP) is 2.54. The first-order valence-corrected chi connectivity index (χ1v) is 9.85. The predicted molar refractivity (Wildman–Crippen MR) is 112 cm³/mol. The molecule has 2 aromatic heterocycles. The highest BCUT2D eigenvalue weighted by molar-refractivity contribution is 7.71. The highest BCUT2D eigenvalue weighted by Gasteiger charge is 2.55. The van der Waals surface area contributed by atoms with E-state index in [0.717, 1.165) is 54.5 Å². The fraction of sp³-hybridized carbons (Fsp3) is 0.526. The average molecular weight is 402 g/mol. The summed E-state index contributed by atoms with van der Waals surface area (Å²) in [5.41, 5.74) is 2.50. The van der Waals surface area contributed by atoms with E-state index in [1.54, 1.807) is 19.4 Å². The minimum atomic E-state index is -0.563. The van der Waals surface area contributed by atoms with Crippen LogP contribution < -0.4 is 11.2 Å². The standard InChI is InChI=1S/C19H27N7OS/c1-12(2)13(10-24(3)20)22-16-21-9-14-15(23-16)26(17(28)25(14)4)18-5-7-19(27,11-18)8-6-18/h9-10,27H,1,5-8,11,20H2,2-4H3,(H,21,22,23)/b13-10+. The lowest BCUT2D eigenvalue weighted by molar-refractivity contribution is 0.0521. The van der Waals surface area contributed by atoms with Crippen LogP contribution >= 0.6 is 12.2 Å². The summed E-state index contributed by atoms with van der Waals surface area (Å²) in [7, 11) is 3.68. The van der Waals surface area contributed by atoms with Crippen molar-refractivity contribution in [2.24, 2.45) is 12.9 Å². The SMILES string of the molecule is C=C(C)/C(=C\N(C)N)Nc1ncc2c(n1)n(C13CCC(O)(CC1)C3)c(=S)n2C. The summed E-state index contributed by atoms with van der Waals surface area (Å²) >= 11 is 5.76. The molecule has 2 aliphatic carbocycles. The zero-order valence-corrected chi connectivity index (χ0v) is 17.4. The fourth-order valence-corrected chi connectivity index (χ4v) is 5.00. The molecule has 2 heterocycles. The van der Waals surface area contributed by atoms with Crippen molar-refractivity contribution in [3.63, 3.8) is 0 Å². The largest absolute Gasteiger partial charge is 0.390 e. The quantitative estimate of drug-likeness (QED) is 0.307. The Morgan fingerprint density at radius 2 is 2.11 bits per heavy atom. The molecule has 2 saturated carbocycles. The minimum absolute atomic E-state index is 0.165. The van der Waals surface area contributed by atoms with Crippen molar-refractivity contribution in [2.45, 2.75) is 50.2 Å². The molecule has 0 radical (unpaired) electrons. The third kappa shape index (κ3) is 2.94. The Bertz CT molecular complexity index is 1040. The minimum Gasteiger partial charge on any atom is -0.390 e. The fourth-order valence-electron chi connectivity index (χ4n) is 4.62. The van der Waals surface area contributed by atoms with E-state index in [0.29, 0.717) is 10.7 Å². The van der Waals surface area contributed by atoms with Gasteiger partial charge in [0.15, 0.2) is 10.4 Å². The van der Waals surface area contributed by atoms with Gasteiger partial charge in [-0.1, -0.05) is 6.58 Å². The maximum Gasteiger partial charge on any atom is 0.229 e. The maximum atomic E-state index is 10.7. The number of aliphatic hydroxyl groups is 1. The summed E-state index contributed by atoms with van der Waals surface area (Å²) in [4.78, 5) is 9.25. The first-order valence-electron chi connectivity index (χ1n) is 9.44. The number of allylic oxidation sites excluding steroid dienone is 1. The molecule has 2 aliphatic rings. The Morgan fingerprint density at radius 1 is 1.43 bits per heavy atom. The number of nitrogens with one attached hydrogen (secondary N) is 1. The Hall–Kier alpha value is -2.23. The van der Waals surface area contributed by atoms with E-state index in [4.69, 9.17) is 23.0 Å². The summed E-state index contributed by atoms with van der Waals surface area (Å²) < 4.78 is 4.81. The molecule has 0 amide bonds. The highest BCUT2D eigenvalue weighted by Crippen LogP contribution is 2.55. The van der Waals surface area contributed by atoms with Crippen molar-refractivity contribution < 1.29 is 5.11 Å². The van der Waals surface area contributed by atoms with Crippen LogP contribution in [0.5, 0.6) is 0 Å². The lowest BCUT2D eigenvalue weighted by Crippen LogP contribution is -2.29. The van der Waals surface area contributed by atoms with Crippen LogP contribution in [0.25, 0.3) is 11.2 Å². The van der Waals surface area contributed by atoms with Crippen molar-refractivity contribution in [1.29, 1.82) is 0 Å². The van der Waals surface area contributed by atoms with Crippen LogP contribution in [0.3, 0.4) is 0 Å². The Kier molecular flexibility index (Phi) is 4.36. The van der Waals surface area contributed by atoms with Gasteiger partial charge in [-0.2, -0.15) is 4.98 Å². The van der Waals surface area contributed by atoms with Crippen molar-refractivity contribution >= 4 is 29.3 Å². The second-order valence-electron chi connectivity index (χ2n) is 8.32. The molecule has 2 fully saturated rings. The lowest BCUT2D eigenvalue weighted by atomic mass is 9.92. The van der Waals surface area contributed by atoms with Gasteiger partial charge in [0.05, 0.1) is 23.0 Å². The van der Waals surface area contributed by atoms with Crippen LogP contribution in [0.1, 0.15) is 39.0 Å². The number of imidazole rings is 1. The Balaban J connectivity index is 1.82. The Morgan fingerprint density at radius 3 is 2.64 bits per heavy atom. The van der Waals surface area contributed by atoms with E-state index in [9.17, 15) is 5.11 Å². The van der Waals surface area contributed by atoms with Crippen LogP contribution in [0.15, 0.2) is 30.2 Å². The normalized spacial score (nSPS) is 26.8. The van der Waals surface area contributed by atoms with Crippen molar-refractivity contribution in [2.75, 3.05) is 12.4 Å². The molecule has 4 N–H and O–H groups in total. The smallest absolute Gasteiger partial charge is 0.229 e. The van der Waals surface area contributed by atoms with Crippen molar-refractivity contribution in [3.05, 3.63) is 35.0 Å². The zero-order chi connectivity index (χ0) is 20.3. The topological polar surface area (TPSA) is 97.2 Å². The molecule has 0 unspecified atom stereocenters. The summed E-state index contributed by atoms with van der Waals surface area (Å²) in [6, 6.07) is 0. The number of nitrogens with two attached hydrogens (primary N) is 1. The van der Waals surface area contributed by atoms with Gasteiger partial charge in [0.25, 0.3) is 0 Å². The molecule has 0 aliphatic heterocycles. The van der Waals surface area contributed by atoms with Crippen molar-refractivity contribution in [1.82, 2.24) is 24.1 Å². The van der Waals surface area contributed by atoms with Crippen LogP contribution in [0.4, 0.5) is 5.95 Å². The van der Waals surface area contributed by atoms with E-state index in [1.165, 1.54) is 5.01 Å². The maximum absolute atomic E-state index is 10.7. The number of aromatic nitrogens is 4. The van der Waals surface area contributed by atoms with E-state index in [2.05, 4.69) is 21.4 Å². The van der Waals surface area contributed by atoms with Crippen LogP contribution in [-0.2, 0) is 12.6 Å². The van der Waals surface area contributed by atoms with Gasteiger partial charge in [0.2, 0.25) is 5.95 Å². The number of rotatable bonds is 5. The van der Waals surface area contributed by atoms with Gasteiger partial charge in [-0.3, -0.25) is 4.57 Å². The second-order valence-corrected chi connectivity index (χ2v) is 8.68. The molecule has 0 aromatic carbocycles. The number of hydrazine groups is 1. The summed E-state index contributed by atoms with van der Waals surface area (Å²) in [6.45, 7) is 5.87. The molecule has 28 heavy (non-hydrogen) atoms. The average Bonchev–Trinajstić information content (AvgIpc) is 3.22. The molecule has 9 heteroatoms. The highest BCUT2D eigenvalue weighted by atomic mass is 32.1. The number of nitrogens with zero attached hydrogens (tertiary/aromatic N) is 5. The molecule has 4 rings (SSSR count).